The van der Waals surface area contributed by atoms with Crippen LogP contribution in [0.2, 0.25) is 0 Å². The third-order valence-electron chi connectivity index (χ3n) is 3.30. The molecule has 2 unspecified atom stereocenters. The number of rotatable bonds is 1. The van der Waals surface area contributed by atoms with E-state index in [9.17, 15) is 0 Å². The van der Waals surface area contributed by atoms with Crippen LogP contribution in [0.15, 0.2) is 4.52 Å². The van der Waals surface area contributed by atoms with E-state index < -0.39 is 0 Å². The molecular weight excluding hydrogens is 166 g/mol. The van der Waals surface area contributed by atoms with Gasteiger partial charge in [-0.05, 0) is 32.2 Å². The van der Waals surface area contributed by atoms with Gasteiger partial charge in [-0.2, -0.15) is 4.98 Å². The smallest absolute Gasteiger partial charge is 0.234 e. The Morgan fingerprint density at radius 3 is 3.23 bits per heavy atom. The number of nitrogens with one attached hydrogen (secondary N) is 1. The van der Waals surface area contributed by atoms with Crippen LogP contribution in [-0.4, -0.2) is 23.2 Å². The van der Waals surface area contributed by atoms with Crippen LogP contribution in [0.25, 0.3) is 0 Å². The lowest BCUT2D eigenvalue weighted by atomic mass is 9.99. The minimum absolute atomic E-state index is 0.208. The lowest BCUT2D eigenvalue weighted by Crippen LogP contribution is -2.34. The molecule has 0 bridgehead atoms. The number of piperidine rings is 1. The van der Waals surface area contributed by atoms with Crippen molar-refractivity contribution < 1.29 is 4.52 Å². The summed E-state index contributed by atoms with van der Waals surface area (Å²) in [5, 5.41) is 7.25. The molecule has 1 aliphatic heterocycles. The van der Waals surface area contributed by atoms with Gasteiger partial charge in [0.05, 0.1) is 5.41 Å². The normalized spacial score (nSPS) is 37.2. The summed E-state index contributed by atoms with van der Waals surface area (Å²) >= 11 is 0. The molecule has 1 aromatic rings. The van der Waals surface area contributed by atoms with Crippen molar-refractivity contribution in [1.82, 2.24) is 15.5 Å². The Labute approximate surface area is 76.7 Å². The van der Waals surface area contributed by atoms with Crippen molar-refractivity contribution in [1.29, 1.82) is 0 Å². The van der Waals surface area contributed by atoms with Crippen LogP contribution in [0.3, 0.4) is 0 Å². The van der Waals surface area contributed by atoms with Gasteiger partial charge in [-0.1, -0.05) is 5.16 Å². The number of aryl methyl sites for hydroxylation is 1. The molecule has 2 aliphatic rings. The second-order valence-electron chi connectivity index (χ2n) is 4.17. The van der Waals surface area contributed by atoms with Gasteiger partial charge in [-0.15, -0.1) is 0 Å². The first-order valence-corrected chi connectivity index (χ1v) is 4.83. The first-order chi connectivity index (χ1) is 6.31. The Bertz CT molecular complexity index is 335. The summed E-state index contributed by atoms with van der Waals surface area (Å²) in [4.78, 5) is 4.33. The predicted molar refractivity (Wildman–Crippen MR) is 46.3 cm³/mol. The first-order valence-electron chi connectivity index (χ1n) is 4.83. The highest BCUT2D eigenvalue weighted by Crippen LogP contribution is 2.56. The van der Waals surface area contributed by atoms with Gasteiger partial charge in [0.1, 0.15) is 0 Å². The monoisotopic (exact) mass is 179 g/mol. The maximum Gasteiger partial charge on any atom is 0.234 e. The molecular formula is C9H13N3O. The fourth-order valence-electron chi connectivity index (χ4n) is 2.40. The molecule has 0 amide bonds. The lowest BCUT2D eigenvalue weighted by Gasteiger charge is -2.18. The largest absolute Gasteiger partial charge is 0.339 e. The zero-order valence-electron chi connectivity index (χ0n) is 7.71. The fraction of sp³-hybridized carbons (Fsp3) is 0.778. The van der Waals surface area contributed by atoms with Crippen molar-refractivity contribution in [2.24, 2.45) is 5.92 Å². The van der Waals surface area contributed by atoms with E-state index >= 15 is 0 Å². The van der Waals surface area contributed by atoms with E-state index in [-0.39, 0.29) is 5.41 Å². The van der Waals surface area contributed by atoms with E-state index in [4.69, 9.17) is 4.52 Å². The number of hydrogen-bond acceptors (Lipinski definition) is 4. The molecule has 13 heavy (non-hydrogen) atoms. The van der Waals surface area contributed by atoms with Crippen molar-refractivity contribution in [2.75, 3.05) is 13.1 Å². The maximum atomic E-state index is 5.25. The van der Waals surface area contributed by atoms with E-state index in [2.05, 4.69) is 15.5 Å². The Hall–Kier alpha value is -0.900. The SMILES string of the molecule is Cc1noc(C23CNCCC2C3)n1. The summed E-state index contributed by atoms with van der Waals surface area (Å²) in [6.45, 7) is 4.02. The Morgan fingerprint density at radius 1 is 1.62 bits per heavy atom. The molecule has 1 aliphatic carbocycles. The third-order valence-corrected chi connectivity index (χ3v) is 3.30. The maximum absolute atomic E-state index is 5.25. The van der Waals surface area contributed by atoms with Crippen LogP contribution in [0, 0.1) is 12.8 Å². The van der Waals surface area contributed by atoms with Crippen molar-refractivity contribution in [3.63, 3.8) is 0 Å². The molecule has 1 saturated heterocycles. The van der Waals surface area contributed by atoms with Crippen molar-refractivity contribution in [3.05, 3.63) is 11.7 Å². The van der Waals surface area contributed by atoms with E-state index in [0.717, 1.165) is 30.7 Å². The van der Waals surface area contributed by atoms with Gasteiger partial charge in [0.2, 0.25) is 5.89 Å². The summed E-state index contributed by atoms with van der Waals surface area (Å²) in [5.41, 5.74) is 0.208. The highest BCUT2D eigenvalue weighted by atomic mass is 16.5. The molecule has 0 aromatic carbocycles. The van der Waals surface area contributed by atoms with Crippen molar-refractivity contribution >= 4 is 0 Å². The number of nitrogens with zero attached hydrogens (tertiary/aromatic N) is 2. The number of fused-ring (bicyclic) bond motifs is 1. The van der Waals surface area contributed by atoms with Gasteiger partial charge in [-0.25, -0.2) is 0 Å². The average Bonchev–Trinajstić information content (AvgIpc) is 2.74. The highest BCUT2D eigenvalue weighted by Gasteiger charge is 2.59. The van der Waals surface area contributed by atoms with E-state index in [0.29, 0.717) is 0 Å². The molecule has 2 fully saturated rings. The molecule has 0 spiro atoms. The van der Waals surface area contributed by atoms with E-state index in [1.165, 1.54) is 12.8 Å². The van der Waals surface area contributed by atoms with Gasteiger partial charge in [0.15, 0.2) is 5.82 Å². The molecule has 70 valence electrons. The van der Waals surface area contributed by atoms with Gasteiger partial charge in [-0.3, -0.25) is 0 Å². The van der Waals surface area contributed by atoms with Crippen LogP contribution in [0.5, 0.6) is 0 Å². The van der Waals surface area contributed by atoms with E-state index in [1.807, 2.05) is 6.92 Å². The summed E-state index contributed by atoms with van der Waals surface area (Å²) in [7, 11) is 0. The van der Waals surface area contributed by atoms with Gasteiger partial charge in [0.25, 0.3) is 0 Å². The Balaban J connectivity index is 1.93. The highest BCUT2D eigenvalue weighted by molar-refractivity contribution is 5.23. The molecule has 4 nitrogen and oxygen atoms in total. The van der Waals surface area contributed by atoms with Crippen LogP contribution < -0.4 is 5.32 Å². The average molecular weight is 179 g/mol. The summed E-state index contributed by atoms with van der Waals surface area (Å²) in [6.07, 6.45) is 2.48. The number of hydrogen-bond donors (Lipinski definition) is 1. The second kappa shape index (κ2) is 2.32. The van der Waals surface area contributed by atoms with Crippen molar-refractivity contribution in [2.45, 2.75) is 25.2 Å². The standard InChI is InChI=1S/C9H13N3O/c1-6-11-8(13-12-6)9-4-7(9)2-3-10-5-9/h7,10H,2-5H2,1H3. The van der Waals surface area contributed by atoms with Crippen LogP contribution in [0.4, 0.5) is 0 Å². The van der Waals surface area contributed by atoms with Crippen LogP contribution in [-0.2, 0) is 5.41 Å². The quantitative estimate of drug-likeness (QED) is 0.687. The molecule has 2 atom stereocenters. The van der Waals surface area contributed by atoms with Crippen LogP contribution >= 0.6 is 0 Å². The molecule has 1 aromatic heterocycles. The third kappa shape index (κ3) is 0.950. The van der Waals surface area contributed by atoms with Gasteiger partial charge >= 0.3 is 0 Å². The molecule has 2 heterocycles. The van der Waals surface area contributed by atoms with Crippen LogP contribution in [0.1, 0.15) is 24.6 Å². The fourth-order valence-corrected chi connectivity index (χ4v) is 2.40. The van der Waals surface area contributed by atoms with E-state index in [1.54, 1.807) is 0 Å². The molecule has 3 rings (SSSR count). The molecule has 0 radical (unpaired) electrons. The Morgan fingerprint density at radius 2 is 2.54 bits per heavy atom. The minimum atomic E-state index is 0.208. The molecule has 4 heteroatoms. The predicted octanol–water partition coefficient (Wildman–Crippen LogP) is 0.629. The van der Waals surface area contributed by atoms with Crippen molar-refractivity contribution in [3.8, 4) is 0 Å². The zero-order chi connectivity index (χ0) is 8.89. The topological polar surface area (TPSA) is 51.0 Å². The molecule has 1 saturated carbocycles. The lowest BCUT2D eigenvalue weighted by molar-refractivity contribution is 0.309. The number of aromatic nitrogens is 2. The zero-order valence-corrected chi connectivity index (χ0v) is 7.71. The summed E-state index contributed by atoms with van der Waals surface area (Å²) in [6, 6.07) is 0. The molecule has 1 N–H and O–H groups in total. The Kier molecular flexibility index (Phi) is 1.34. The first kappa shape index (κ1) is 7.50. The minimum Gasteiger partial charge on any atom is -0.339 e. The van der Waals surface area contributed by atoms with Gasteiger partial charge in [0, 0.05) is 6.54 Å². The summed E-state index contributed by atoms with van der Waals surface area (Å²) < 4.78 is 5.25. The summed E-state index contributed by atoms with van der Waals surface area (Å²) in [5.74, 6) is 2.39. The van der Waals surface area contributed by atoms with Gasteiger partial charge < -0.3 is 9.84 Å². The second-order valence-corrected chi connectivity index (χ2v) is 4.17.